The molecule has 24 heavy (non-hydrogen) atoms. The number of aliphatic imine (C=N–C) groups is 1. The van der Waals surface area contributed by atoms with Gasteiger partial charge in [-0.05, 0) is 51.0 Å². The van der Waals surface area contributed by atoms with Gasteiger partial charge in [0, 0.05) is 14.1 Å². The molecule has 0 unspecified atom stereocenters. The monoisotopic (exact) mass is 332 g/mol. The summed E-state index contributed by atoms with van der Waals surface area (Å²) in [6, 6.07) is 18.8. The lowest BCUT2D eigenvalue weighted by molar-refractivity contribution is -0.121. The molecule has 0 atom stereocenters. The predicted molar refractivity (Wildman–Crippen MR) is 103 cm³/mol. The number of rotatable bonds is 1. The van der Waals surface area contributed by atoms with Crippen molar-refractivity contribution in [1.29, 1.82) is 0 Å². The Bertz CT molecular complexity index is 982. The molecule has 0 radical (unpaired) electrons. The van der Waals surface area contributed by atoms with Crippen molar-refractivity contribution < 1.29 is 4.79 Å². The molecule has 3 nitrogen and oxygen atoms in total. The van der Waals surface area contributed by atoms with Crippen LogP contribution < -0.4 is 0 Å². The maximum atomic E-state index is 12.5. The topological polar surface area (TPSA) is 32.7 Å². The summed E-state index contributed by atoms with van der Waals surface area (Å²) in [6.07, 6.45) is 2.01. The SMILES string of the molecule is CN=C1S/C(=C\c2c3ccccc3cc3ccccc23)C(=O)N1C. The highest BCUT2D eigenvalue weighted by molar-refractivity contribution is 8.18. The first-order valence-corrected chi connectivity index (χ1v) is 8.55. The number of hydrogen-bond acceptors (Lipinski definition) is 3. The molecular weight excluding hydrogens is 316 g/mol. The summed E-state index contributed by atoms with van der Waals surface area (Å²) >= 11 is 1.43. The van der Waals surface area contributed by atoms with Crippen molar-refractivity contribution >= 4 is 50.5 Å². The first-order chi connectivity index (χ1) is 11.7. The quantitative estimate of drug-likeness (QED) is 0.485. The highest BCUT2D eigenvalue weighted by atomic mass is 32.2. The van der Waals surface area contributed by atoms with E-state index in [0.29, 0.717) is 4.91 Å². The van der Waals surface area contributed by atoms with Crippen LogP contribution in [0.5, 0.6) is 0 Å². The highest BCUT2D eigenvalue weighted by Gasteiger charge is 2.30. The lowest BCUT2D eigenvalue weighted by Gasteiger charge is -2.09. The Morgan fingerprint density at radius 2 is 1.58 bits per heavy atom. The van der Waals surface area contributed by atoms with Gasteiger partial charge < -0.3 is 0 Å². The summed E-state index contributed by atoms with van der Waals surface area (Å²) in [7, 11) is 3.47. The molecule has 1 aliphatic heterocycles. The maximum absolute atomic E-state index is 12.5. The smallest absolute Gasteiger partial charge is 0.266 e. The molecule has 1 heterocycles. The van der Waals surface area contributed by atoms with Gasteiger partial charge in [0.25, 0.3) is 5.91 Å². The Hall–Kier alpha value is -2.59. The molecule has 0 spiro atoms. The van der Waals surface area contributed by atoms with Crippen LogP contribution in [0.25, 0.3) is 27.6 Å². The van der Waals surface area contributed by atoms with Gasteiger partial charge in [0.2, 0.25) is 0 Å². The Kier molecular flexibility index (Phi) is 3.62. The van der Waals surface area contributed by atoms with Gasteiger partial charge in [-0.3, -0.25) is 14.7 Å². The number of amides is 1. The van der Waals surface area contributed by atoms with Gasteiger partial charge in [0.1, 0.15) is 0 Å². The molecule has 0 bridgehead atoms. The van der Waals surface area contributed by atoms with Crippen molar-refractivity contribution in [3.05, 3.63) is 65.1 Å². The number of carbonyl (C=O) groups excluding carboxylic acids is 1. The van der Waals surface area contributed by atoms with E-state index in [1.165, 1.54) is 22.5 Å². The fraction of sp³-hybridized carbons (Fsp3) is 0.100. The highest BCUT2D eigenvalue weighted by Crippen LogP contribution is 2.35. The van der Waals surface area contributed by atoms with Crippen molar-refractivity contribution in [2.45, 2.75) is 0 Å². The Morgan fingerprint density at radius 3 is 2.12 bits per heavy atom. The summed E-state index contributed by atoms with van der Waals surface area (Å²) in [6.45, 7) is 0. The largest absolute Gasteiger partial charge is 0.290 e. The number of carbonyl (C=O) groups is 1. The second-order valence-electron chi connectivity index (χ2n) is 5.71. The van der Waals surface area contributed by atoms with E-state index in [2.05, 4.69) is 35.3 Å². The average molecular weight is 332 g/mol. The van der Waals surface area contributed by atoms with Gasteiger partial charge in [-0.15, -0.1) is 0 Å². The second-order valence-corrected chi connectivity index (χ2v) is 6.72. The van der Waals surface area contributed by atoms with Crippen LogP contribution in [0, 0.1) is 0 Å². The number of amidine groups is 1. The lowest BCUT2D eigenvalue weighted by Crippen LogP contribution is -2.23. The third-order valence-corrected chi connectivity index (χ3v) is 5.43. The first-order valence-electron chi connectivity index (χ1n) is 7.74. The zero-order chi connectivity index (χ0) is 16.7. The lowest BCUT2D eigenvalue weighted by atomic mass is 9.96. The van der Waals surface area contributed by atoms with Gasteiger partial charge in [0.05, 0.1) is 4.91 Å². The van der Waals surface area contributed by atoms with E-state index >= 15 is 0 Å². The number of benzene rings is 3. The van der Waals surface area contributed by atoms with Crippen molar-refractivity contribution in [3.8, 4) is 0 Å². The van der Waals surface area contributed by atoms with Crippen LogP contribution in [0.3, 0.4) is 0 Å². The summed E-state index contributed by atoms with van der Waals surface area (Å²) in [5.74, 6) is -0.00221. The van der Waals surface area contributed by atoms with E-state index in [9.17, 15) is 4.79 Å². The number of hydrogen-bond donors (Lipinski definition) is 0. The van der Waals surface area contributed by atoms with Crippen LogP contribution >= 0.6 is 11.8 Å². The molecular formula is C20H16N2OS. The van der Waals surface area contributed by atoms with Gasteiger partial charge in [-0.2, -0.15) is 0 Å². The molecule has 4 heteroatoms. The Balaban J connectivity index is 2.01. The molecule has 3 aromatic rings. The van der Waals surface area contributed by atoms with Gasteiger partial charge in [-0.1, -0.05) is 48.5 Å². The van der Waals surface area contributed by atoms with Crippen LogP contribution in [0.15, 0.2) is 64.5 Å². The fourth-order valence-corrected chi connectivity index (χ4v) is 3.99. The van der Waals surface area contributed by atoms with Gasteiger partial charge in [-0.25, -0.2) is 0 Å². The molecule has 0 aromatic heterocycles. The molecule has 118 valence electrons. The predicted octanol–water partition coefficient (Wildman–Crippen LogP) is 4.52. The average Bonchev–Trinajstić information content (AvgIpc) is 2.89. The Morgan fingerprint density at radius 1 is 1.00 bits per heavy atom. The van der Waals surface area contributed by atoms with E-state index < -0.39 is 0 Å². The molecule has 1 fully saturated rings. The summed E-state index contributed by atoms with van der Waals surface area (Å²) in [5, 5.41) is 5.39. The molecule has 0 saturated carbocycles. The Labute approximate surface area is 144 Å². The van der Waals surface area contributed by atoms with Crippen molar-refractivity contribution in [3.63, 3.8) is 0 Å². The maximum Gasteiger partial charge on any atom is 0.266 e. The van der Waals surface area contributed by atoms with Crippen LogP contribution in [-0.4, -0.2) is 30.1 Å². The van der Waals surface area contributed by atoms with Crippen molar-refractivity contribution in [2.24, 2.45) is 4.99 Å². The number of nitrogens with zero attached hydrogens (tertiary/aromatic N) is 2. The molecule has 1 saturated heterocycles. The first kappa shape index (κ1) is 15.0. The van der Waals surface area contributed by atoms with E-state index in [-0.39, 0.29) is 5.91 Å². The van der Waals surface area contributed by atoms with E-state index in [0.717, 1.165) is 21.5 Å². The standard InChI is InChI=1S/C20H16N2OS/c1-21-20-22(2)19(23)18(24-20)12-17-15-9-5-3-7-13(15)11-14-8-4-6-10-16(14)17/h3-12H,1-2H3/b18-12-,21-20?. The van der Waals surface area contributed by atoms with E-state index in [1.54, 1.807) is 19.0 Å². The second kappa shape index (κ2) is 5.80. The number of likely N-dealkylation sites (N-methyl/N-ethyl adjacent to an activating group) is 1. The summed E-state index contributed by atoms with van der Waals surface area (Å²) in [5.41, 5.74) is 1.09. The summed E-state index contributed by atoms with van der Waals surface area (Å²) < 4.78 is 0. The van der Waals surface area contributed by atoms with Crippen LogP contribution in [0.2, 0.25) is 0 Å². The van der Waals surface area contributed by atoms with Crippen LogP contribution in [0.1, 0.15) is 5.56 Å². The minimum absolute atomic E-state index is 0.00221. The normalized spacial score (nSPS) is 18.4. The minimum Gasteiger partial charge on any atom is -0.290 e. The fourth-order valence-electron chi connectivity index (χ4n) is 3.08. The third kappa shape index (κ3) is 2.31. The van der Waals surface area contributed by atoms with Gasteiger partial charge >= 0.3 is 0 Å². The van der Waals surface area contributed by atoms with E-state index in [4.69, 9.17) is 0 Å². The summed E-state index contributed by atoms with van der Waals surface area (Å²) in [4.78, 5) is 19.0. The van der Waals surface area contributed by atoms with Crippen LogP contribution in [0.4, 0.5) is 0 Å². The third-order valence-electron chi connectivity index (χ3n) is 4.28. The molecule has 0 aliphatic carbocycles. The number of fused-ring (bicyclic) bond motifs is 2. The molecule has 1 aliphatic rings. The zero-order valence-corrected chi connectivity index (χ0v) is 14.3. The van der Waals surface area contributed by atoms with Gasteiger partial charge in [0.15, 0.2) is 5.17 Å². The van der Waals surface area contributed by atoms with E-state index in [1.807, 2.05) is 30.3 Å². The van der Waals surface area contributed by atoms with Crippen LogP contribution in [-0.2, 0) is 4.79 Å². The minimum atomic E-state index is -0.00221. The molecule has 3 aromatic carbocycles. The van der Waals surface area contributed by atoms with Crippen molar-refractivity contribution in [2.75, 3.05) is 14.1 Å². The molecule has 0 N–H and O–H groups in total. The zero-order valence-electron chi connectivity index (χ0n) is 13.5. The molecule has 4 rings (SSSR count). The molecule has 1 amide bonds. The van der Waals surface area contributed by atoms with Crippen molar-refractivity contribution in [1.82, 2.24) is 4.90 Å². The number of thioether (sulfide) groups is 1.